The van der Waals surface area contributed by atoms with Gasteiger partial charge < -0.3 is 10.2 Å². The first kappa shape index (κ1) is 16.3. The summed E-state index contributed by atoms with van der Waals surface area (Å²) in [4.78, 5) is 14.7. The van der Waals surface area contributed by atoms with E-state index in [2.05, 4.69) is 31.5 Å². The maximum absolute atomic E-state index is 12.7. The number of carbonyl (C=O) groups excluding carboxylic acids is 1. The van der Waals surface area contributed by atoms with E-state index in [-0.39, 0.29) is 11.9 Å². The van der Waals surface area contributed by atoms with Crippen LogP contribution in [0.15, 0.2) is 10.7 Å². The minimum Gasteiger partial charge on any atom is -0.334 e. The van der Waals surface area contributed by atoms with E-state index in [0.29, 0.717) is 12.8 Å². The van der Waals surface area contributed by atoms with Gasteiger partial charge in [-0.25, -0.2) is 4.63 Å². The molecule has 0 spiro atoms. The summed E-state index contributed by atoms with van der Waals surface area (Å²) in [6.45, 7) is 5.48. The fourth-order valence-electron chi connectivity index (χ4n) is 3.81. The van der Waals surface area contributed by atoms with Gasteiger partial charge in [0.25, 0.3) is 0 Å². The highest BCUT2D eigenvalue weighted by Gasteiger charge is 2.33. The van der Waals surface area contributed by atoms with Gasteiger partial charge in [0.2, 0.25) is 5.91 Å². The molecule has 0 unspecified atom stereocenters. The van der Waals surface area contributed by atoms with Crippen LogP contribution in [0.3, 0.4) is 0 Å². The maximum Gasteiger partial charge on any atom is 0.223 e. The number of nitrogens with zero attached hydrogens (tertiary/aromatic N) is 5. The summed E-state index contributed by atoms with van der Waals surface area (Å²) in [7, 11) is 0. The average Bonchev–Trinajstić information content (AvgIpc) is 3.30. The normalized spacial score (nSPS) is 20.5. The molecule has 0 saturated carbocycles. The lowest BCUT2D eigenvalue weighted by Crippen LogP contribution is -2.31. The minimum absolute atomic E-state index is 0.00154. The molecular formula is C17H24N6O2. The van der Waals surface area contributed by atoms with Gasteiger partial charge in [0.15, 0.2) is 0 Å². The molecule has 1 fully saturated rings. The number of nitrogens with one attached hydrogen (secondary N) is 1. The molecule has 0 radical (unpaired) electrons. The lowest BCUT2D eigenvalue weighted by Gasteiger charge is -2.23. The third kappa shape index (κ3) is 3.30. The summed E-state index contributed by atoms with van der Waals surface area (Å²) < 4.78 is 6.89. The zero-order valence-electron chi connectivity index (χ0n) is 14.6. The molecular weight excluding hydrogens is 320 g/mol. The Bertz CT molecular complexity index is 729. The monoisotopic (exact) mass is 344 g/mol. The molecule has 2 aliphatic rings. The molecule has 8 heteroatoms. The van der Waals surface area contributed by atoms with Gasteiger partial charge in [0.1, 0.15) is 11.4 Å². The Hall–Kier alpha value is -2.22. The SMILES string of the molecule is Cc1nonc1[C@H]1CCCN1C(=O)CCc1cc2n(n1)CCCNC2. The van der Waals surface area contributed by atoms with E-state index in [1.54, 1.807) is 0 Å². The van der Waals surface area contributed by atoms with E-state index in [4.69, 9.17) is 4.63 Å². The third-order valence-electron chi connectivity index (χ3n) is 5.11. The van der Waals surface area contributed by atoms with E-state index < -0.39 is 0 Å². The number of rotatable bonds is 4. The largest absolute Gasteiger partial charge is 0.334 e. The molecule has 2 aromatic heterocycles. The second-order valence-electron chi connectivity index (χ2n) is 6.86. The Balaban J connectivity index is 1.39. The molecule has 1 N–H and O–H groups in total. The molecule has 2 aliphatic heterocycles. The van der Waals surface area contributed by atoms with Crippen molar-refractivity contribution < 1.29 is 9.42 Å². The number of fused-ring (bicyclic) bond motifs is 1. The molecule has 4 heterocycles. The summed E-state index contributed by atoms with van der Waals surface area (Å²) in [5.74, 6) is 0.159. The first-order chi connectivity index (χ1) is 12.2. The number of likely N-dealkylation sites (tertiary alicyclic amines) is 1. The van der Waals surface area contributed by atoms with Crippen molar-refractivity contribution in [1.82, 2.24) is 30.3 Å². The topological polar surface area (TPSA) is 89.1 Å². The van der Waals surface area contributed by atoms with Crippen molar-refractivity contribution in [2.24, 2.45) is 0 Å². The zero-order chi connectivity index (χ0) is 17.2. The summed E-state index contributed by atoms with van der Waals surface area (Å²) in [6.07, 6.45) is 4.16. The van der Waals surface area contributed by atoms with Crippen LogP contribution in [-0.2, 0) is 24.3 Å². The van der Waals surface area contributed by atoms with Crippen molar-refractivity contribution in [2.45, 2.75) is 58.2 Å². The van der Waals surface area contributed by atoms with Gasteiger partial charge in [-0.15, -0.1) is 0 Å². The number of carbonyl (C=O) groups is 1. The quantitative estimate of drug-likeness (QED) is 0.901. The summed E-state index contributed by atoms with van der Waals surface area (Å²) >= 11 is 0. The number of hydrogen-bond acceptors (Lipinski definition) is 6. The predicted molar refractivity (Wildman–Crippen MR) is 89.6 cm³/mol. The summed E-state index contributed by atoms with van der Waals surface area (Å²) in [5.41, 5.74) is 3.78. The number of aryl methyl sites for hydroxylation is 3. The van der Waals surface area contributed by atoms with E-state index in [1.165, 1.54) is 5.69 Å². The van der Waals surface area contributed by atoms with Crippen LogP contribution in [0.2, 0.25) is 0 Å². The predicted octanol–water partition coefficient (Wildman–Crippen LogP) is 1.36. The molecule has 0 bridgehead atoms. The second kappa shape index (κ2) is 6.95. The van der Waals surface area contributed by atoms with Gasteiger partial charge in [0, 0.05) is 32.5 Å². The molecule has 8 nitrogen and oxygen atoms in total. The first-order valence-corrected chi connectivity index (χ1v) is 9.07. The van der Waals surface area contributed by atoms with Crippen molar-refractivity contribution in [2.75, 3.05) is 13.1 Å². The fraction of sp³-hybridized carbons (Fsp3) is 0.647. The van der Waals surface area contributed by atoms with E-state index in [9.17, 15) is 4.79 Å². The van der Waals surface area contributed by atoms with Crippen LogP contribution in [0.25, 0.3) is 0 Å². The van der Waals surface area contributed by atoms with Crippen LogP contribution in [0.1, 0.15) is 54.5 Å². The van der Waals surface area contributed by atoms with E-state index in [0.717, 1.165) is 62.5 Å². The van der Waals surface area contributed by atoms with Gasteiger partial charge in [-0.1, -0.05) is 10.3 Å². The molecule has 2 aromatic rings. The first-order valence-electron chi connectivity index (χ1n) is 9.07. The number of hydrogen-bond donors (Lipinski definition) is 1. The van der Waals surface area contributed by atoms with Crippen LogP contribution in [0.5, 0.6) is 0 Å². The van der Waals surface area contributed by atoms with Crippen molar-refractivity contribution in [3.8, 4) is 0 Å². The van der Waals surface area contributed by atoms with Crippen LogP contribution >= 0.6 is 0 Å². The average molecular weight is 344 g/mol. The summed E-state index contributed by atoms with van der Waals surface area (Å²) in [6, 6.07) is 2.13. The molecule has 134 valence electrons. The molecule has 25 heavy (non-hydrogen) atoms. The Morgan fingerprint density at radius 3 is 3.12 bits per heavy atom. The number of aromatic nitrogens is 4. The molecule has 1 saturated heterocycles. The Kier molecular flexibility index (Phi) is 4.52. The van der Waals surface area contributed by atoms with E-state index >= 15 is 0 Å². The van der Waals surface area contributed by atoms with Crippen molar-refractivity contribution in [3.05, 3.63) is 28.8 Å². The van der Waals surface area contributed by atoms with E-state index in [1.807, 2.05) is 11.8 Å². The third-order valence-corrected chi connectivity index (χ3v) is 5.11. The van der Waals surface area contributed by atoms with Crippen LogP contribution in [0, 0.1) is 6.92 Å². The van der Waals surface area contributed by atoms with Crippen molar-refractivity contribution >= 4 is 5.91 Å². The Morgan fingerprint density at radius 2 is 2.28 bits per heavy atom. The van der Waals surface area contributed by atoms with Gasteiger partial charge >= 0.3 is 0 Å². The van der Waals surface area contributed by atoms with Crippen LogP contribution in [0.4, 0.5) is 0 Å². The fourth-order valence-corrected chi connectivity index (χ4v) is 3.81. The lowest BCUT2D eigenvalue weighted by molar-refractivity contribution is -0.132. The molecule has 0 aromatic carbocycles. The van der Waals surface area contributed by atoms with Gasteiger partial charge in [-0.05, 0) is 38.8 Å². The van der Waals surface area contributed by atoms with Crippen molar-refractivity contribution in [1.29, 1.82) is 0 Å². The summed E-state index contributed by atoms with van der Waals surface area (Å²) in [5, 5.41) is 15.9. The van der Waals surface area contributed by atoms with Gasteiger partial charge in [0.05, 0.1) is 17.4 Å². The smallest absolute Gasteiger partial charge is 0.223 e. The minimum atomic E-state index is 0.00154. The lowest BCUT2D eigenvalue weighted by atomic mass is 10.1. The second-order valence-corrected chi connectivity index (χ2v) is 6.86. The molecule has 1 amide bonds. The molecule has 1 atom stereocenters. The van der Waals surface area contributed by atoms with Gasteiger partial charge in [-0.3, -0.25) is 9.48 Å². The highest BCUT2D eigenvalue weighted by molar-refractivity contribution is 5.77. The molecule has 0 aliphatic carbocycles. The van der Waals surface area contributed by atoms with Crippen LogP contribution < -0.4 is 5.32 Å². The van der Waals surface area contributed by atoms with Crippen LogP contribution in [-0.4, -0.2) is 44.0 Å². The Labute approximate surface area is 146 Å². The standard InChI is InChI=1S/C17H24N6O2/c1-12-17(21-25-20-12)15-4-2-8-22(15)16(24)6-5-13-10-14-11-18-7-3-9-23(14)19-13/h10,15,18H,2-9,11H2,1H3/t15-/m1/s1. The highest BCUT2D eigenvalue weighted by Crippen LogP contribution is 2.32. The zero-order valence-corrected chi connectivity index (χ0v) is 14.6. The maximum atomic E-state index is 12.7. The molecule has 4 rings (SSSR count). The number of amides is 1. The van der Waals surface area contributed by atoms with Crippen molar-refractivity contribution in [3.63, 3.8) is 0 Å². The Morgan fingerprint density at radius 1 is 1.36 bits per heavy atom. The highest BCUT2D eigenvalue weighted by atomic mass is 16.6. The van der Waals surface area contributed by atoms with Gasteiger partial charge in [-0.2, -0.15) is 5.10 Å².